The Morgan fingerprint density at radius 1 is 1.78 bits per heavy atom. The first-order chi connectivity index (χ1) is 4.34. The molecule has 1 atom stereocenters. The summed E-state index contributed by atoms with van der Waals surface area (Å²) in [7, 11) is 0. The first-order valence-electron chi connectivity index (χ1n) is 3.04. The molecule has 1 saturated heterocycles. The van der Waals surface area contributed by atoms with Crippen LogP contribution in [0.1, 0.15) is 12.8 Å². The number of thioether (sulfide) groups is 1. The maximum atomic E-state index is 10.8. The van der Waals surface area contributed by atoms with Crippen LogP contribution in [-0.4, -0.2) is 24.1 Å². The van der Waals surface area contributed by atoms with E-state index in [2.05, 4.69) is 0 Å². The molecular weight excluding hydrogens is 136 g/mol. The number of rotatable bonds is 1. The number of esters is 1. The normalized spacial score (nSPS) is 27.7. The van der Waals surface area contributed by atoms with Gasteiger partial charge in [0.25, 0.3) is 0 Å². The number of hydrogen-bond donors (Lipinski definition) is 0. The standard InChI is InChI=1S/C6H10O2S/c1-9-5-3-2-4-8-6(5)7/h5H,2-4H2,1H3/t5-/m0/s1. The molecule has 1 fully saturated rings. The van der Waals surface area contributed by atoms with Gasteiger partial charge in [0.15, 0.2) is 0 Å². The number of ether oxygens (including phenoxy) is 1. The molecule has 1 rings (SSSR count). The maximum Gasteiger partial charge on any atom is 0.319 e. The third-order valence-corrected chi connectivity index (χ3v) is 2.40. The molecule has 1 aliphatic heterocycles. The molecule has 0 bridgehead atoms. The van der Waals surface area contributed by atoms with E-state index in [0.29, 0.717) is 6.61 Å². The van der Waals surface area contributed by atoms with Crippen molar-refractivity contribution in [1.29, 1.82) is 0 Å². The largest absolute Gasteiger partial charge is 0.465 e. The molecule has 0 aromatic carbocycles. The monoisotopic (exact) mass is 146 g/mol. The van der Waals surface area contributed by atoms with Gasteiger partial charge < -0.3 is 4.74 Å². The van der Waals surface area contributed by atoms with Gasteiger partial charge >= 0.3 is 5.97 Å². The van der Waals surface area contributed by atoms with E-state index in [9.17, 15) is 4.79 Å². The van der Waals surface area contributed by atoms with E-state index < -0.39 is 0 Å². The number of hydrogen-bond acceptors (Lipinski definition) is 3. The quantitative estimate of drug-likeness (QED) is 0.517. The van der Waals surface area contributed by atoms with Crippen LogP contribution in [-0.2, 0) is 9.53 Å². The molecule has 0 spiro atoms. The van der Waals surface area contributed by atoms with E-state index in [1.54, 1.807) is 11.8 Å². The average molecular weight is 146 g/mol. The van der Waals surface area contributed by atoms with Crippen molar-refractivity contribution >= 4 is 17.7 Å². The lowest BCUT2D eigenvalue weighted by Gasteiger charge is -2.18. The molecule has 1 aliphatic rings. The van der Waals surface area contributed by atoms with E-state index in [0.717, 1.165) is 12.8 Å². The molecular formula is C6H10O2S. The number of carbonyl (C=O) groups is 1. The van der Waals surface area contributed by atoms with Crippen molar-refractivity contribution in [2.75, 3.05) is 12.9 Å². The summed E-state index contributed by atoms with van der Waals surface area (Å²) in [6.45, 7) is 0.621. The summed E-state index contributed by atoms with van der Waals surface area (Å²) in [5.41, 5.74) is 0. The van der Waals surface area contributed by atoms with Crippen LogP contribution in [0.4, 0.5) is 0 Å². The predicted molar refractivity (Wildman–Crippen MR) is 37.5 cm³/mol. The number of carbonyl (C=O) groups excluding carboxylic acids is 1. The Labute approximate surface area is 59.0 Å². The van der Waals surface area contributed by atoms with E-state index >= 15 is 0 Å². The first kappa shape index (κ1) is 6.93. The lowest BCUT2D eigenvalue weighted by molar-refractivity contribution is -0.145. The topological polar surface area (TPSA) is 26.3 Å². The van der Waals surface area contributed by atoms with Crippen LogP contribution >= 0.6 is 11.8 Å². The average Bonchev–Trinajstić information content (AvgIpc) is 1.89. The molecule has 3 heteroatoms. The second-order valence-corrected chi connectivity index (χ2v) is 3.07. The molecule has 0 saturated carbocycles. The minimum Gasteiger partial charge on any atom is -0.465 e. The number of cyclic esters (lactones) is 1. The van der Waals surface area contributed by atoms with Crippen LogP contribution in [0.25, 0.3) is 0 Å². The summed E-state index contributed by atoms with van der Waals surface area (Å²) in [4.78, 5) is 10.8. The Hall–Kier alpha value is -0.180. The molecule has 0 aliphatic carbocycles. The summed E-state index contributed by atoms with van der Waals surface area (Å²) in [6.07, 6.45) is 3.95. The van der Waals surface area contributed by atoms with E-state index in [1.807, 2.05) is 6.26 Å². The molecule has 0 unspecified atom stereocenters. The lowest BCUT2D eigenvalue weighted by atomic mass is 10.2. The zero-order valence-corrected chi connectivity index (χ0v) is 6.24. The molecule has 0 aromatic rings. The van der Waals surface area contributed by atoms with Crippen molar-refractivity contribution < 1.29 is 9.53 Å². The van der Waals surface area contributed by atoms with Gasteiger partial charge in [-0.2, -0.15) is 11.8 Å². The zero-order chi connectivity index (χ0) is 6.69. The minimum absolute atomic E-state index is 0.0336. The third kappa shape index (κ3) is 1.61. The second-order valence-electron chi connectivity index (χ2n) is 2.03. The highest BCUT2D eigenvalue weighted by atomic mass is 32.2. The molecule has 1 heterocycles. The molecule has 0 radical (unpaired) electrons. The Balaban J connectivity index is 2.39. The smallest absolute Gasteiger partial charge is 0.319 e. The fraction of sp³-hybridized carbons (Fsp3) is 0.833. The van der Waals surface area contributed by atoms with Gasteiger partial charge in [-0.15, -0.1) is 0 Å². The van der Waals surface area contributed by atoms with E-state index in [-0.39, 0.29) is 11.2 Å². The van der Waals surface area contributed by atoms with Crippen molar-refractivity contribution in [3.63, 3.8) is 0 Å². The van der Waals surface area contributed by atoms with Crippen LogP contribution in [0.2, 0.25) is 0 Å². The van der Waals surface area contributed by atoms with Crippen molar-refractivity contribution in [3.05, 3.63) is 0 Å². The molecule has 2 nitrogen and oxygen atoms in total. The first-order valence-corrected chi connectivity index (χ1v) is 4.33. The van der Waals surface area contributed by atoms with Crippen LogP contribution in [0, 0.1) is 0 Å². The molecule has 0 aromatic heterocycles. The molecule has 0 amide bonds. The summed E-state index contributed by atoms with van der Waals surface area (Å²) in [5, 5.41) is 0.110. The third-order valence-electron chi connectivity index (χ3n) is 1.40. The summed E-state index contributed by atoms with van der Waals surface area (Å²) < 4.78 is 4.82. The molecule has 52 valence electrons. The van der Waals surface area contributed by atoms with Gasteiger partial charge in [0.05, 0.1) is 6.61 Å². The highest BCUT2D eigenvalue weighted by Gasteiger charge is 2.21. The molecule has 0 N–H and O–H groups in total. The maximum absolute atomic E-state index is 10.8. The van der Waals surface area contributed by atoms with Crippen molar-refractivity contribution in [3.8, 4) is 0 Å². The Bertz CT molecular complexity index is 114. The summed E-state index contributed by atoms with van der Waals surface area (Å²) in [6, 6.07) is 0. The van der Waals surface area contributed by atoms with Crippen molar-refractivity contribution in [2.24, 2.45) is 0 Å². The molecule has 9 heavy (non-hydrogen) atoms. The Morgan fingerprint density at radius 3 is 3.00 bits per heavy atom. The Morgan fingerprint density at radius 2 is 2.56 bits per heavy atom. The van der Waals surface area contributed by atoms with Gasteiger partial charge in [-0.25, -0.2) is 0 Å². The highest BCUT2D eigenvalue weighted by Crippen LogP contribution is 2.18. The van der Waals surface area contributed by atoms with Gasteiger partial charge in [-0.3, -0.25) is 4.79 Å². The lowest BCUT2D eigenvalue weighted by Crippen LogP contribution is -2.25. The van der Waals surface area contributed by atoms with Gasteiger partial charge in [0, 0.05) is 0 Å². The van der Waals surface area contributed by atoms with E-state index in [4.69, 9.17) is 4.74 Å². The summed E-state index contributed by atoms with van der Waals surface area (Å²) in [5.74, 6) is -0.0336. The van der Waals surface area contributed by atoms with Crippen LogP contribution in [0.15, 0.2) is 0 Å². The van der Waals surface area contributed by atoms with Gasteiger partial charge in [0.1, 0.15) is 5.25 Å². The van der Waals surface area contributed by atoms with Crippen LogP contribution < -0.4 is 0 Å². The fourth-order valence-corrected chi connectivity index (χ4v) is 1.53. The van der Waals surface area contributed by atoms with E-state index in [1.165, 1.54) is 0 Å². The fourth-order valence-electron chi connectivity index (χ4n) is 0.866. The van der Waals surface area contributed by atoms with Crippen molar-refractivity contribution in [1.82, 2.24) is 0 Å². The van der Waals surface area contributed by atoms with Gasteiger partial charge in [0.2, 0.25) is 0 Å². The predicted octanol–water partition coefficient (Wildman–Crippen LogP) is 1.05. The highest BCUT2D eigenvalue weighted by molar-refractivity contribution is 7.99. The Kier molecular flexibility index (Phi) is 2.39. The van der Waals surface area contributed by atoms with Crippen LogP contribution in [0.3, 0.4) is 0 Å². The van der Waals surface area contributed by atoms with Crippen LogP contribution in [0.5, 0.6) is 0 Å². The van der Waals surface area contributed by atoms with Gasteiger partial charge in [-0.1, -0.05) is 0 Å². The zero-order valence-electron chi connectivity index (χ0n) is 5.42. The summed E-state index contributed by atoms with van der Waals surface area (Å²) >= 11 is 1.58. The second kappa shape index (κ2) is 3.11. The van der Waals surface area contributed by atoms with Gasteiger partial charge in [-0.05, 0) is 19.1 Å². The minimum atomic E-state index is -0.0336. The van der Waals surface area contributed by atoms with Crippen molar-refractivity contribution in [2.45, 2.75) is 18.1 Å². The SMILES string of the molecule is CS[C@H]1CCCOC1=O.